The van der Waals surface area contributed by atoms with E-state index < -0.39 is 10.0 Å². The van der Waals surface area contributed by atoms with Gasteiger partial charge in [0.1, 0.15) is 4.21 Å². The van der Waals surface area contributed by atoms with Crippen LogP contribution < -0.4 is 0 Å². The van der Waals surface area contributed by atoms with Crippen molar-refractivity contribution >= 4 is 27.3 Å². The third-order valence-electron chi connectivity index (χ3n) is 5.60. The highest BCUT2D eigenvalue weighted by molar-refractivity contribution is 7.91. The number of amides is 1. The highest BCUT2D eigenvalue weighted by Gasteiger charge is 2.35. The first-order valence-corrected chi connectivity index (χ1v) is 12.2. The molecule has 0 saturated carbocycles. The number of methoxy groups -OCH3 is 1. The molecule has 1 aromatic heterocycles. The van der Waals surface area contributed by atoms with Gasteiger partial charge < -0.3 is 14.4 Å². The summed E-state index contributed by atoms with van der Waals surface area (Å²) in [5.74, 6) is 0.620. The lowest BCUT2D eigenvalue weighted by Gasteiger charge is -2.36. The average Bonchev–Trinajstić information content (AvgIpc) is 3.27. The monoisotopic (exact) mass is 430 g/mol. The van der Waals surface area contributed by atoms with Gasteiger partial charge in [-0.15, -0.1) is 11.3 Å². The van der Waals surface area contributed by atoms with E-state index in [9.17, 15) is 13.2 Å². The minimum Gasteiger partial charge on any atom is -0.382 e. The molecule has 2 aliphatic heterocycles. The number of carbonyl (C=O) groups excluding carboxylic acids is 1. The van der Waals surface area contributed by atoms with E-state index in [1.807, 2.05) is 4.90 Å². The van der Waals surface area contributed by atoms with E-state index in [0.717, 1.165) is 32.5 Å². The van der Waals surface area contributed by atoms with E-state index in [1.54, 1.807) is 24.6 Å². The number of sulfonamides is 1. The minimum atomic E-state index is -3.41. The van der Waals surface area contributed by atoms with Gasteiger partial charge in [-0.05, 0) is 43.0 Å². The molecular formula is C19H30N2O5S2. The summed E-state index contributed by atoms with van der Waals surface area (Å²) < 4.78 is 37.7. The molecule has 0 atom stereocenters. The number of thiophene rings is 1. The Morgan fingerprint density at radius 3 is 2.46 bits per heavy atom. The van der Waals surface area contributed by atoms with Crippen molar-refractivity contribution in [3.63, 3.8) is 0 Å². The van der Waals surface area contributed by atoms with Crippen LogP contribution in [0.15, 0.2) is 21.7 Å². The molecule has 3 heterocycles. The van der Waals surface area contributed by atoms with E-state index in [4.69, 9.17) is 9.47 Å². The van der Waals surface area contributed by atoms with Crippen LogP contribution in [0, 0.1) is 11.8 Å². The number of rotatable bonds is 8. The first-order chi connectivity index (χ1) is 13.5. The number of likely N-dealkylation sites (tertiary alicyclic amines) is 1. The van der Waals surface area contributed by atoms with Gasteiger partial charge >= 0.3 is 0 Å². The van der Waals surface area contributed by atoms with Crippen molar-refractivity contribution in [3.8, 4) is 0 Å². The lowest BCUT2D eigenvalue weighted by atomic mass is 9.93. The smallest absolute Gasteiger partial charge is 0.252 e. The topological polar surface area (TPSA) is 76.2 Å². The van der Waals surface area contributed by atoms with E-state index in [0.29, 0.717) is 49.3 Å². The Morgan fingerprint density at radius 2 is 1.86 bits per heavy atom. The number of nitrogens with zero attached hydrogens (tertiary/aromatic N) is 2. The Labute approximate surface area is 171 Å². The molecule has 2 fully saturated rings. The molecule has 2 aliphatic rings. The zero-order valence-electron chi connectivity index (χ0n) is 16.4. The van der Waals surface area contributed by atoms with Crippen molar-refractivity contribution in [1.29, 1.82) is 0 Å². The standard InChI is InChI=1S/C19H30N2O5S2/c1-25-12-13-26-15-16-4-8-20(9-5-16)19(22)17-6-10-21(11-7-17)28(23,24)18-3-2-14-27-18/h2-3,14,16-17H,4-13,15H2,1H3. The molecular weight excluding hydrogens is 400 g/mol. The Hall–Kier alpha value is -1.00. The van der Waals surface area contributed by atoms with Crippen molar-refractivity contribution in [3.05, 3.63) is 17.5 Å². The number of ether oxygens (including phenoxy) is 2. The van der Waals surface area contributed by atoms with Crippen LogP contribution >= 0.6 is 11.3 Å². The van der Waals surface area contributed by atoms with Crippen LogP contribution in [0.25, 0.3) is 0 Å². The van der Waals surface area contributed by atoms with E-state index in [2.05, 4.69) is 0 Å². The average molecular weight is 431 g/mol. The molecule has 0 aromatic carbocycles. The van der Waals surface area contributed by atoms with Crippen LogP contribution in [0.5, 0.6) is 0 Å². The molecule has 0 aliphatic carbocycles. The molecule has 2 saturated heterocycles. The summed E-state index contributed by atoms with van der Waals surface area (Å²) in [5.41, 5.74) is 0. The third-order valence-corrected chi connectivity index (χ3v) is 8.88. The maximum atomic E-state index is 12.9. The minimum absolute atomic E-state index is 0.0655. The predicted octanol–water partition coefficient (Wildman–Crippen LogP) is 2.05. The molecule has 0 unspecified atom stereocenters. The number of hydrogen-bond donors (Lipinski definition) is 0. The number of hydrogen-bond acceptors (Lipinski definition) is 6. The molecule has 0 radical (unpaired) electrons. The van der Waals surface area contributed by atoms with Crippen LogP contribution in [-0.4, -0.2) is 76.6 Å². The summed E-state index contributed by atoms with van der Waals surface area (Å²) >= 11 is 1.24. The summed E-state index contributed by atoms with van der Waals surface area (Å²) in [6, 6.07) is 3.39. The van der Waals surface area contributed by atoms with Gasteiger partial charge in [0, 0.05) is 45.8 Å². The molecule has 1 amide bonds. The van der Waals surface area contributed by atoms with Crippen LogP contribution in [0.3, 0.4) is 0 Å². The molecule has 0 N–H and O–H groups in total. The highest BCUT2D eigenvalue weighted by atomic mass is 32.2. The van der Waals surface area contributed by atoms with E-state index >= 15 is 0 Å². The van der Waals surface area contributed by atoms with Crippen LogP contribution in [0.4, 0.5) is 0 Å². The van der Waals surface area contributed by atoms with Crippen LogP contribution in [0.2, 0.25) is 0 Å². The fourth-order valence-electron chi connectivity index (χ4n) is 3.85. The maximum Gasteiger partial charge on any atom is 0.252 e. The van der Waals surface area contributed by atoms with Gasteiger partial charge in [0.25, 0.3) is 10.0 Å². The first kappa shape index (κ1) is 21.7. The lowest BCUT2D eigenvalue weighted by Crippen LogP contribution is -2.46. The van der Waals surface area contributed by atoms with Crippen LogP contribution in [-0.2, 0) is 24.3 Å². The normalized spacial score (nSPS) is 20.5. The highest BCUT2D eigenvalue weighted by Crippen LogP contribution is 2.28. The molecule has 1 aromatic rings. The largest absolute Gasteiger partial charge is 0.382 e. The molecule has 28 heavy (non-hydrogen) atoms. The summed E-state index contributed by atoms with van der Waals surface area (Å²) in [5, 5.41) is 1.77. The second-order valence-electron chi connectivity index (χ2n) is 7.45. The Morgan fingerprint density at radius 1 is 1.14 bits per heavy atom. The van der Waals surface area contributed by atoms with Crippen molar-refractivity contribution in [2.75, 3.05) is 53.1 Å². The Bertz CT molecular complexity index is 707. The van der Waals surface area contributed by atoms with Crippen molar-refractivity contribution in [2.24, 2.45) is 11.8 Å². The second kappa shape index (κ2) is 10.2. The Kier molecular flexibility index (Phi) is 7.87. The predicted molar refractivity (Wildman–Crippen MR) is 108 cm³/mol. The molecule has 158 valence electrons. The van der Waals surface area contributed by atoms with Gasteiger partial charge in [-0.2, -0.15) is 4.31 Å². The summed E-state index contributed by atoms with van der Waals surface area (Å²) in [4.78, 5) is 14.8. The zero-order valence-corrected chi connectivity index (χ0v) is 18.1. The number of piperidine rings is 2. The molecule has 0 spiro atoms. The van der Waals surface area contributed by atoms with Gasteiger partial charge in [0.05, 0.1) is 13.2 Å². The van der Waals surface area contributed by atoms with E-state index in [-0.39, 0.29) is 11.8 Å². The zero-order chi connectivity index (χ0) is 20.0. The SMILES string of the molecule is COCCOCC1CCN(C(=O)C2CCN(S(=O)(=O)c3cccs3)CC2)CC1. The molecule has 0 bridgehead atoms. The third kappa shape index (κ3) is 5.33. The maximum absolute atomic E-state index is 12.9. The lowest BCUT2D eigenvalue weighted by molar-refractivity contribution is -0.138. The van der Waals surface area contributed by atoms with Crippen molar-refractivity contribution in [1.82, 2.24) is 9.21 Å². The fourth-order valence-corrected chi connectivity index (χ4v) is 6.47. The molecule has 9 heteroatoms. The van der Waals surface area contributed by atoms with Gasteiger partial charge in [-0.3, -0.25) is 4.79 Å². The van der Waals surface area contributed by atoms with Crippen LogP contribution in [0.1, 0.15) is 25.7 Å². The summed E-state index contributed by atoms with van der Waals surface area (Å²) in [6.07, 6.45) is 3.13. The van der Waals surface area contributed by atoms with Crippen molar-refractivity contribution < 1.29 is 22.7 Å². The fraction of sp³-hybridized carbons (Fsp3) is 0.737. The van der Waals surface area contributed by atoms with Crippen molar-refractivity contribution in [2.45, 2.75) is 29.9 Å². The van der Waals surface area contributed by atoms with Gasteiger partial charge in [0.2, 0.25) is 5.91 Å². The van der Waals surface area contributed by atoms with Gasteiger partial charge in [-0.25, -0.2) is 8.42 Å². The summed E-state index contributed by atoms with van der Waals surface area (Å²) in [7, 11) is -1.75. The van der Waals surface area contributed by atoms with E-state index in [1.165, 1.54) is 15.6 Å². The first-order valence-electron chi connectivity index (χ1n) is 9.91. The Balaban J connectivity index is 1.42. The summed E-state index contributed by atoms with van der Waals surface area (Å²) in [6.45, 7) is 4.32. The van der Waals surface area contributed by atoms with Gasteiger partial charge in [0.15, 0.2) is 0 Å². The van der Waals surface area contributed by atoms with Gasteiger partial charge in [-0.1, -0.05) is 6.07 Å². The molecule has 3 rings (SSSR count). The second-order valence-corrected chi connectivity index (χ2v) is 10.6. The quantitative estimate of drug-likeness (QED) is 0.590. The molecule has 7 nitrogen and oxygen atoms in total. The number of carbonyl (C=O) groups is 1.